The van der Waals surface area contributed by atoms with Crippen LogP contribution in [0.4, 0.5) is 0 Å². The lowest BCUT2D eigenvalue weighted by Gasteiger charge is -2.33. The minimum atomic E-state index is -5.00. The molecule has 2 aliphatic rings. The van der Waals surface area contributed by atoms with Crippen LogP contribution in [0.2, 0.25) is 0 Å². The number of benzene rings is 4. The Kier molecular flexibility index (Phi) is 11.2. The van der Waals surface area contributed by atoms with E-state index in [1.807, 2.05) is 0 Å². The second kappa shape index (κ2) is 15.4. The molecule has 0 spiro atoms. The van der Waals surface area contributed by atoms with Crippen molar-refractivity contribution in [1.82, 2.24) is 0 Å². The van der Waals surface area contributed by atoms with Crippen LogP contribution in [-0.2, 0) is 59.5 Å². The highest BCUT2D eigenvalue weighted by molar-refractivity contribution is 8.01. The van der Waals surface area contributed by atoms with E-state index in [0.717, 1.165) is 23.1 Å². The Morgan fingerprint density at radius 1 is 0.717 bits per heavy atom. The zero-order valence-electron chi connectivity index (χ0n) is 31.0. The van der Waals surface area contributed by atoms with Crippen molar-refractivity contribution >= 4 is 113 Å². The van der Waals surface area contributed by atoms with Gasteiger partial charge in [0.2, 0.25) is 0 Å². The lowest BCUT2D eigenvalue weighted by atomic mass is 9.71. The predicted octanol–water partition coefficient (Wildman–Crippen LogP) is 5.86. The monoisotopic (exact) mass is 936 g/mol. The maximum absolute atomic E-state index is 13.8. The third-order valence-electron chi connectivity index (χ3n) is 9.91. The number of thiophene rings is 1. The highest BCUT2D eigenvalue weighted by atomic mass is 32.2. The van der Waals surface area contributed by atoms with Crippen molar-refractivity contribution in [1.29, 1.82) is 0 Å². The number of hydrogen-bond donors (Lipinski definition) is 4. The van der Waals surface area contributed by atoms with E-state index in [0.29, 0.717) is 38.8 Å². The molecule has 5 aromatic rings. The van der Waals surface area contributed by atoms with Gasteiger partial charge in [-0.3, -0.25) is 27.8 Å². The van der Waals surface area contributed by atoms with Crippen molar-refractivity contribution < 1.29 is 70.9 Å². The summed E-state index contributed by atoms with van der Waals surface area (Å²) < 4.78 is 150. The van der Waals surface area contributed by atoms with Gasteiger partial charge in [0.15, 0.2) is 5.41 Å². The van der Waals surface area contributed by atoms with Crippen LogP contribution in [0.15, 0.2) is 108 Å². The molecule has 60 heavy (non-hydrogen) atoms. The molecule has 0 fully saturated rings. The van der Waals surface area contributed by atoms with Crippen LogP contribution in [-0.4, -0.2) is 77.0 Å². The summed E-state index contributed by atoms with van der Waals surface area (Å²) in [5.74, 6) is -1.76. The predicted molar refractivity (Wildman–Crippen MR) is 221 cm³/mol. The van der Waals surface area contributed by atoms with Crippen LogP contribution in [0.3, 0.4) is 0 Å². The maximum Gasteiger partial charge on any atom is 0.324 e. The van der Waals surface area contributed by atoms with Crippen LogP contribution < -0.4 is 4.53 Å². The third-order valence-corrected chi connectivity index (χ3v) is 16.2. The number of rotatable bonds is 11. The summed E-state index contributed by atoms with van der Waals surface area (Å²) in [4.78, 5) is 24.6. The Balaban J connectivity index is 1.40. The Morgan fingerprint density at radius 2 is 1.25 bits per heavy atom. The summed E-state index contributed by atoms with van der Waals surface area (Å²) in [6.07, 6.45) is 7.54. The summed E-state index contributed by atoms with van der Waals surface area (Å²) in [5.41, 5.74) is -0.706. The molecule has 0 amide bonds. The van der Waals surface area contributed by atoms with E-state index in [4.69, 9.17) is 9.47 Å². The van der Waals surface area contributed by atoms with Gasteiger partial charge in [-0.05, 0) is 61.6 Å². The largest absolute Gasteiger partial charge is 0.465 e. The first-order chi connectivity index (χ1) is 28.0. The van der Waals surface area contributed by atoms with Gasteiger partial charge in [0.1, 0.15) is 19.6 Å². The van der Waals surface area contributed by atoms with E-state index < -0.39 is 82.7 Å². The van der Waals surface area contributed by atoms with Gasteiger partial charge < -0.3 is 9.47 Å². The molecule has 22 heteroatoms. The molecule has 0 bridgehead atoms. The molecule has 316 valence electrons. The molecule has 2 heterocycles. The number of allylic oxidation sites excluding steroid dienone is 5. The van der Waals surface area contributed by atoms with Crippen molar-refractivity contribution in [3.8, 4) is 0 Å². The number of ether oxygens (including phenoxy) is 2. The molecular formula is C38H32O16S6. The molecule has 4 aromatic carbocycles. The molecule has 1 aliphatic carbocycles. The Morgan fingerprint density at radius 3 is 1.82 bits per heavy atom. The Bertz CT molecular complexity index is 3290. The van der Waals surface area contributed by atoms with Gasteiger partial charge in [0.25, 0.3) is 40.5 Å². The lowest BCUT2D eigenvalue weighted by Crippen LogP contribution is -2.44. The fourth-order valence-corrected chi connectivity index (χ4v) is 13.6. The molecule has 7 rings (SSSR count). The van der Waals surface area contributed by atoms with E-state index in [9.17, 15) is 61.5 Å². The van der Waals surface area contributed by atoms with Crippen molar-refractivity contribution in [2.24, 2.45) is 5.41 Å². The fraction of sp³-hybridized carbons (Fsp3) is 0.211. The van der Waals surface area contributed by atoms with Crippen LogP contribution >= 0.6 is 23.1 Å². The fourth-order valence-electron chi connectivity index (χ4n) is 7.51. The number of carbonyl (C=O) groups excluding carboxylic acids is 2. The second-order valence-corrected chi connectivity index (χ2v) is 21.4. The summed E-state index contributed by atoms with van der Waals surface area (Å²) in [7, 11) is -19.9. The van der Waals surface area contributed by atoms with Gasteiger partial charge in [-0.2, -0.15) is 33.7 Å². The maximum atomic E-state index is 13.8. The smallest absolute Gasteiger partial charge is 0.324 e. The first-order valence-corrected chi connectivity index (χ1v) is 25.0. The van der Waals surface area contributed by atoms with Gasteiger partial charge in [0.05, 0.1) is 23.2 Å². The summed E-state index contributed by atoms with van der Waals surface area (Å²) >= 11 is 1.87. The molecular weight excluding hydrogens is 905 g/mol. The minimum absolute atomic E-state index is 0.00120. The van der Waals surface area contributed by atoms with Crippen molar-refractivity contribution in [2.75, 3.05) is 13.2 Å². The normalized spacial score (nSPS) is 18.2. The molecule has 0 saturated carbocycles. The molecule has 1 aliphatic heterocycles. The quantitative estimate of drug-likeness (QED) is 0.0686. The summed E-state index contributed by atoms with van der Waals surface area (Å²) in [6, 6.07) is 10.3. The summed E-state index contributed by atoms with van der Waals surface area (Å²) in [6.45, 7) is 2.96. The van der Waals surface area contributed by atoms with Crippen LogP contribution in [0.1, 0.15) is 37.5 Å². The zero-order chi connectivity index (χ0) is 43.7. The van der Waals surface area contributed by atoms with Gasteiger partial charge in [-0.15, -0.1) is 23.1 Å². The van der Waals surface area contributed by atoms with E-state index in [1.54, 1.807) is 56.4 Å². The van der Waals surface area contributed by atoms with E-state index in [-0.39, 0.29) is 57.2 Å². The molecule has 0 saturated heterocycles. The SMILES string of the molecule is CCOC(=O)C1(C(=O)OCC)CC(/C=C/C2Sc3c(S(=O)(=O)O)cc(S(=O)(=O)O)c4cccc2c34)=CC(=C/C=c2/sc3c(S(=O)(=O)O)cc(S(=O)(=O)O)c4cccc2c43)/C1. The van der Waals surface area contributed by atoms with E-state index >= 15 is 0 Å². The van der Waals surface area contributed by atoms with E-state index in [2.05, 4.69) is 0 Å². The molecule has 0 radical (unpaired) electrons. The van der Waals surface area contributed by atoms with Gasteiger partial charge in [0, 0.05) is 36.4 Å². The second-order valence-electron chi connectivity index (χ2n) is 13.7. The van der Waals surface area contributed by atoms with Gasteiger partial charge in [-0.25, -0.2) is 0 Å². The molecule has 1 aromatic heterocycles. The first-order valence-electron chi connectivity index (χ1n) is 17.6. The van der Waals surface area contributed by atoms with Gasteiger partial charge >= 0.3 is 11.9 Å². The zero-order valence-corrected chi connectivity index (χ0v) is 35.9. The number of carbonyl (C=O) groups is 2. The topological polar surface area (TPSA) is 270 Å². The Labute approximate surface area is 351 Å². The molecule has 16 nitrogen and oxygen atoms in total. The average molecular weight is 937 g/mol. The highest BCUT2D eigenvalue weighted by Crippen LogP contribution is 2.54. The first kappa shape index (κ1) is 43.6. The van der Waals surface area contributed by atoms with Crippen LogP contribution in [0, 0.1) is 5.41 Å². The number of esters is 2. The molecule has 1 atom stereocenters. The molecule has 4 N–H and O–H groups in total. The lowest BCUT2D eigenvalue weighted by molar-refractivity contribution is -0.172. The summed E-state index contributed by atoms with van der Waals surface area (Å²) in [5, 5.41) is -0.0409. The highest BCUT2D eigenvalue weighted by Gasteiger charge is 2.51. The van der Waals surface area contributed by atoms with Crippen LogP contribution in [0.5, 0.6) is 0 Å². The molecule has 1 unspecified atom stereocenters. The van der Waals surface area contributed by atoms with Crippen LogP contribution in [0.25, 0.3) is 37.7 Å². The Hall–Kier alpha value is -4.49. The number of thioether (sulfide) groups is 1. The standard InChI is InChI=1S/C38H32O16S6/c1-3-53-36(39)38(37(40)54-4-2)18-20(11-13-26-22-7-5-9-24-28(57(41,42)43)16-30(59(47,48)49)34(55-26)32(22)24)15-21(19-38)12-14-27-23-8-6-10-25-29(58(44,45)46)17-31(60(50,51)52)35(56-27)33(23)25/h5-17,26H,3-4,18-19H2,1-2H3,(H,41,42,43)(H,44,45,46)(H,47,48,49)(H,50,51,52)/b13-11+,21-12-,27-14+. The van der Waals surface area contributed by atoms with E-state index in [1.165, 1.54) is 24.3 Å². The van der Waals surface area contributed by atoms with Gasteiger partial charge in [-0.1, -0.05) is 60.7 Å². The third kappa shape index (κ3) is 7.80. The average Bonchev–Trinajstić information content (AvgIpc) is 3.71. The minimum Gasteiger partial charge on any atom is -0.465 e. The van der Waals surface area contributed by atoms with Crippen molar-refractivity contribution in [3.63, 3.8) is 0 Å². The van der Waals surface area contributed by atoms with Crippen molar-refractivity contribution in [3.05, 3.63) is 94.1 Å². The number of hydrogen-bond acceptors (Lipinski definition) is 14. The van der Waals surface area contributed by atoms with Crippen molar-refractivity contribution in [2.45, 2.75) is 56.4 Å².